The van der Waals surface area contributed by atoms with Gasteiger partial charge in [-0.2, -0.15) is 0 Å². The van der Waals surface area contributed by atoms with Crippen molar-refractivity contribution in [3.63, 3.8) is 0 Å². The Morgan fingerprint density at radius 2 is 1.84 bits per heavy atom. The number of urea groups is 1. The van der Waals surface area contributed by atoms with Crippen molar-refractivity contribution >= 4 is 15.9 Å². The standard InChI is InChI=1S/C16H21F2N3O3S/c1-25(23,24)15-9-13(17)11(8-14(15)18)10-20-6-7-21(16(20)22)12-2-4-19-5-3-12/h8-9,12,19H,2-7,10H2,1H3. The van der Waals surface area contributed by atoms with Crippen LogP contribution in [0.2, 0.25) is 0 Å². The lowest BCUT2D eigenvalue weighted by atomic mass is 10.1. The second kappa shape index (κ2) is 6.87. The molecule has 0 unspecified atom stereocenters. The zero-order valence-corrected chi connectivity index (χ0v) is 14.8. The van der Waals surface area contributed by atoms with Gasteiger partial charge in [-0.05, 0) is 38.1 Å². The summed E-state index contributed by atoms with van der Waals surface area (Å²) in [6.45, 7) is 2.66. The lowest BCUT2D eigenvalue weighted by Crippen LogP contribution is -2.45. The summed E-state index contributed by atoms with van der Waals surface area (Å²) in [5.74, 6) is -1.82. The number of halogens is 2. The number of nitrogens with zero attached hydrogens (tertiary/aromatic N) is 2. The summed E-state index contributed by atoms with van der Waals surface area (Å²) in [5.41, 5.74) is -0.0228. The largest absolute Gasteiger partial charge is 0.320 e. The molecule has 9 heteroatoms. The molecular formula is C16H21F2N3O3S. The first-order chi connectivity index (χ1) is 11.8. The third-order valence-electron chi connectivity index (χ3n) is 4.74. The van der Waals surface area contributed by atoms with Crippen molar-refractivity contribution in [3.05, 3.63) is 29.3 Å². The van der Waals surface area contributed by atoms with E-state index in [1.54, 1.807) is 4.90 Å². The first kappa shape index (κ1) is 18.1. The van der Waals surface area contributed by atoms with E-state index in [0.717, 1.165) is 38.3 Å². The van der Waals surface area contributed by atoms with Crippen LogP contribution in [0.15, 0.2) is 17.0 Å². The molecule has 138 valence electrons. The van der Waals surface area contributed by atoms with Crippen molar-refractivity contribution < 1.29 is 22.0 Å². The average molecular weight is 373 g/mol. The second-order valence-corrected chi connectivity index (χ2v) is 8.51. The van der Waals surface area contributed by atoms with Gasteiger partial charge in [-0.3, -0.25) is 0 Å². The van der Waals surface area contributed by atoms with Crippen molar-refractivity contribution in [2.45, 2.75) is 30.3 Å². The molecular weight excluding hydrogens is 352 g/mol. The number of benzene rings is 1. The van der Waals surface area contributed by atoms with E-state index in [0.29, 0.717) is 19.2 Å². The van der Waals surface area contributed by atoms with E-state index in [4.69, 9.17) is 0 Å². The zero-order valence-electron chi connectivity index (χ0n) is 14.0. The number of amides is 2. The second-order valence-electron chi connectivity index (χ2n) is 6.52. The highest BCUT2D eigenvalue weighted by Gasteiger charge is 2.34. The Labute approximate surface area is 145 Å². The van der Waals surface area contributed by atoms with Crippen molar-refractivity contribution in [2.75, 3.05) is 32.4 Å². The van der Waals surface area contributed by atoms with E-state index in [1.165, 1.54) is 4.90 Å². The van der Waals surface area contributed by atoms with Gasteiger partial charge in [0.2, 0.25) is 0 Å². The molecule has 6 nitrogen and oxygen atoms in total. The molecule has 25 heavy (non-hydrogen) atoms. The van der Waals surface area contributed by atoms with Gasteiger partial charge in [0.05, 0.1) is 6.54 Å². The summed E-state index contributed by atoms with van der Waals surface area (Å²) in [6.07, 6.45) is 2.59. The van der Waals surface area contributed by atoms with Gasteiger partial charge in [-0.1, -0.05) is 0 Å². The maximum Gasteiger partial charge on any atom is 0.320 e. The Morgan fingerprint density at radius 3 is 2.48 bits per heavy atom. The molecule has 1 N–H and O–H groups in total. The number of sulfone groups is 1. The molecule has 3 rings (SSSR count). The zero-order chi connectivity index (χ0) is 18.2. The monoisotopic (exact) mass is 373 g/mol. The van der Waals surface area contributed by atoms with Gasteiger partial charge in [-0.15, -0.1) is 0 Å². The minimum Gasteiger partial charge on any atom is -0.320 e. The number of hydrogen-bond donors (Lipinski definition) is 1. The van der Waals surface area contributed by atoms with Crippen LogP contribution in [0.1, 0.15) is 18.4 Å². The predicted molar refractivity (Wildman–Crippen MR) is 87.9 cm³/mol. The quantitative estimate of drug-likeness (QED) is 0.865. The number of rotatable bonds is 4. The number of hydrogen-bond acceptors (Lipinski definition) is 4. The van der Waals surface area contributed by atoms with Crippen LogP contribution in [-0.4, -0.2) is 62.7 Å². The predicted octanol–water partition coefficient (Wildman–Crippen LogP) is 1.36. The highest BCUT2D eigenvalue weighted by molar-refractivity contribution is 7.90. The van der Waals surface area contributed by atoms with Crippen molar-refractivity contribution in [1.82, 2.24) is 15.1 Å². The number of nitrogens with one attached hydrogen (secondary N) is 1. The normalized spacial score (nSPS) is 19.7. The molecule has 0 aliphatic carbocycles. The minimum atomic E-state index is -3.84. The van der Waals surface area contributed by atoms with Crippen molar-refractivity contribution in [2.24, 2.45) is 0 Å². The van der Waals surface area contributed by atoms with Gasteiger partial charge in [0, 0.05) is 31.0 Å². The first-order valence-corrected chi connectivity index (χ1v) is 10.1. The summed E-state index contributed by atoms with van der Waals surface area (Å²) < 4.78 is 51.1. The molecule has 2 saturated heterocycles. The fraction of sp³-hybridized carbons (Fsp3) is 0.562. The third-order valence-corrected chi connectivity index (χ3v) is 5.85. The summed E-state index contributed by atoms with van der Waals surface area (Å²) in [5, 5.41) is 3.24. The van der Waals surface area contributed by atoms with Crippen LogP contribution in [0.3, 0.4) is 0 Å². The SMILES string of the molecule is CS(=O)(=O)c1cc(F)c(CN2CCN(C3CCNCC3)C2=O)cc1F. The number of piperidine rings is 1. The highest BCUT2D eigenvalue weighted by atomic mass is 32.2. The molecule has 2 amide bonds. The smallest absolute Gasteiger partial charge is 0.320 e. The van der Waals surface area contributed by atoms with Crippen LogP contribution >= 0.6 is 0 Å². The molecule has 2 aliphatic heterocycles. The Bertz CT molecular complexity index is 779. The fourth-order valence-corrected chi connectivity index (χ4v) is 4.12. The van der Waals surface area contributed by atoms with Gasteiger partial charge in [0.15, 0.2) is 9.84 Å². The molecule has 1 aromatic rings. The van der Waals surface area contributed by atoms with E-state index < -0.39 is 26.4 Å². The molecule has 0 bridgehead atoms. The Kier molecular flexibility index (Phi) is 4.97. The molecule has 0 spiro atoms. The maximum atomic E-state index is 14.2. The molecule has 2 fully saturated rings. The molecule has 1 aromatic carbocycles. The maximum absolute atomic E-state index is 14.2. The summed E-state index contributed by atoms with van der Waals surface area (Å²) in [6, 6.07) is 1.55. The lowest BCUT2D eigenvalue weighted by Gasteiger charge is -2.31. The van der Waals surface area contributed by atoms with Crippen LogP contribution in [0, 0.1) is 11.6 Å². The van der Waals surface area contributed by atoms with E-state index in [-0.39, 0.29) is 24.2 Å². The van der Waals surface area contributed by atoms with E-state index >= 15 is 0 Å². The summed E-state index contributed by atoms with van der Waals surface area (Å²) in [7, 11) is -3.84. The highest BCUT2D eigenvalue weighted by Crippen LogP contribution is 2.24. The number of carbonyl (C=O) groups excluding carboxylic acids is 1. The Hall–Kier alpha value is -1.74. The van der Waals surface area contributed by atoms with Crippen LogP contribution in [0.4, 0.5) is 13.6 Å². The van der Waals surface area contributed by atoms with Crippen LogP contribution in [0.5, 0.6) is 0 Å². The Balaban J connectivity index is 1.75. The minimum absolute atomic E-state index is 0.0228. The topological polar surface area (TPSA) is 69.7 Å². The van der Waals surface area contributed by atoms with Crippen LogP contribution in [-0.2, 0) is 16.4 Å². The van der Waals surface area contributed by atoms with Crippen LogP contribution < -0.4 is 5.32 Å². The Morgan fingerprint density at radius 1 is 1.16 bits per heavy atom. The van der Waals surface area contributed by atoms with E-state index in [2.05, 4.69) is 5.32 Å². The summed E-state index contributed by atoms with van der Waals surface area (Å²) >= 11 is 0. The van der Waals surface area contributed by atoms with Crippen LogP contribution in [0.25, 0.3) is 0 Å². The van der Waals surface area contributed by atoms with Gasteiger partial charge >= 0.3 is 6.03 Å². The average Bonchev–Trinajstić information content (AvgIpc) is 2.91. The molecule has 2 aliphatic rings. The van der Waals surface area contributed by atoms with Crippen molar-refractivity contribution in [1.29, 1.82) is 0 Å². The molecule has 2 heterocycles. The van der Waals surface area contributed by atoms with Gasteiger partial charge in [0.25, 0.3) is 0 Å². The molecule has 0 radical (unpaired) electrons. The third kappa shape index (κ3) is 3.77. The fourth-order valence-electron chi connectivity index (χ4n) is 3.39. The van der Waals surface area contributed by atoms with E-state index in [9.17, 15) is 22.0 Å². The van der Waals surface area contributed by atoms with Gasteiger partial charge in [0.1, 0.15) is 16.5 Å². The van der Waals surface area contributed by atoms with Gasteiger partial charge in [-0.25, -0.2) is 22.0 Å². The van der Waals surface area contributed by atoms with Gasteiger partial charge < -0.3 is 15.1 Å². The molecule has 0 atom stereocenters. The number of carbonyl (C=O) groups is 1. The summed E-state index contributed by atoms with van der Waals surface area (Å²) in [4.78, 5) is 15.1. The first-order valence-electron chi connectivity index (χ1n) is 8.21. The lowest BCUT2D eigenvalue weighted by molar-refractivity contribution is 0.164. The molecule has 0 saturated carbocycles. The van der Waals surface area contributed by atoms with E-state index in [1.807, 2.05) is 0 Å². The van der Waals surface area contributed by atoms with Crippen molar-refractivity contribution in [3.8, 4) is 0 Å². The molecule has 0 aromatic heterocycles.